The molecule has 0 aromatic heterocycles. The molecule has 0 unspecified atom stereocenters. The average Bonchev–Trinajstić information content (AvgIpc) is 2.81. The van der Waals surface area contributed by atoms with E-state index in [9.17, 15) is 9.59 Å². The number of amides is 1. The fourth-order valence-corrected chi connectivity index (χ4v) is 2.71. The number of likely N-dealkylation sites (tertiary alicyclic amines) is 2. The summed E-state index contributed by atoms with van der Waals surface area (Å²) in [7, 11) is 0. The van der Waals surface area contributed by atoms with Crippen LogP contribution in [0.4, 0.5) is 0 Å². The molecule has 96 valence electrons. The van der Waals surface area contributed by atoms with Crippen molar-refractivity contribution >= 4 is 11.9 Å². The van der Waals surface area contributed by atoms with E-state index in [0.29, 0.717) is 19.5 Å². The van der Waals surface area contributed by atoms with Gasteiger partial charge in [0.05, 0.1) is 6.54 Å². The summed E-state index contributed by atoms with van der Waals surface area (Å²) in [6.07, 6.45) is 4.73. The van der Waals surface area contributed by atoms with Gasteiger partial charge in [-0.05, 0) is 45.2 Å². The molecule has 2 saturated heterocycles. The highest BCUT2D eigenvalue weighted by atomic mass is 16.4. The molecule has 0 bridgehead atoms. The Morgan fingerprint density at radius 2 is 1.71 bits per heavy atom. The van der Waals surface area contributed by atoms with E-state index in [1.807, 2.05) is 0 Å². The molecule has 1 amide bonds. The molecule has 0 saturated carbocycles. The highest BCUT2D eigenvalue weighted by molar-refractivity contribution is 5.85. The fraction of sp³-hybridized carbons (Fsp3) is 0.833. The van der Waals surface area contributed by atoms with Gasteiger partial charge in [-0.1, -0.05) is 0 Å². The van der Waals surface area contributed by atoms with Crippen molar-refractivity contribution in [3.8, 4) is 0 Å². The maximum Gasteiger partial charge on any atom is 0.326 e. The topological polar surface area (TPSA) is 60.9 Å². The molecule has 0 aromatic carbocycles. The van der Waals surface area contributed by atoms with E-state index in [1.54, 1.807) is 4.90 Å². The molecule has 2 aliphatic heterocycles. The molecule has 5 heteroatoms. The summed E-state index contributed by atoms with van der Waals surface area (Å²) in [5.41, 5.74) is 0. The zero-order valence-electron chi connectivity index (χ0n) is 10.1. The number of rotatable bonds is 3. The van der Waals surface area contributed by atoms with Crippen molar-refractivity contribution in [2.45, 2.75) is 38.1 Å². The molecule has 0 radical (unpaired) electrons. The van der Waals surface area contributed by atoms with E-state index in [4.69, 9.17) is 5.11 Å². The second-order valence-electron chi connectivity index (χ2n) is 4.92. The Labute approximate surface area is 101 Å². The molecule has 2 aliphatic rings. The first-order valence-corrected chi connectivity index (χ1v) is 6.43. The maximum absolute atomic E-state index is 12.1. The molecule has 0 aliphatic carbocycles. The van der Waals surface area contributed by atoms with Crippen LogP contribution in [0.5, 0.6) is 0 Å². The van der Waals surface area contributed by atoms with Crippen molar-refractivity contribution < 1.29 is 14.7 Å². The smallest absolute Gasteiger partial charge is 0.326 e. The van der Waals surface area contributed by atoms with Gasteiger partial charge in [0.2, 0.25) is 5.91 Å². The monoisotopic (exact) mass is 240 g/mol. The minimum Gasteiger partial charge on any atom is -0.480 e. The zero-order valence-corrected chi connectivity index (χ0v) is 10.1. The molecule has 2 rings (SSSR count). The minimum atomic E-state index is -0.862. The van der Waals surface area contributed by atoms with Crippen molar-refractivity contribution in [3.05, 3.63) is 0 Å². The molecular weight excluding hydrogens is 220 g/mol. The highest BCUT2D eigenvalue weighted by Crippen LogP contribution is 2.18. The lowest BCUT2D eigenvalue weighted by Crippen LogP contribution is -2.50. The van der Waals surface area contributed by atoms with Crippen molar-refractivity contribution in [2.24, 2.45) is 0 Å². The average molecular weight is 240 g/mol. The predicted octanol–water partition coefficient (Wildman–Crippen LogP) is 0.548. The Morgan fingerprint density at radius 3 is 2.35 bits per heavy atom. The number of nitrogens with zero attached hydrogens (tertiary/aromatic N) is 2. The van der Waals surface area contributed by atoms with E-state index in [2.05, 4.69) is 4.90 Å². The molecule has 2 fully saturated rings. The Morgan fingerprint density at radius 1 is 1.06 bits per heavy atom. The summed E-state index contributed by atoms with van der Waals surface area (Å²) in [6.45, 7) is 2.93. The quantitative estimate of drug-likeness (QED) is 0.782. The standard InChI is InChI=1S/C12H20N2O3/c15-11(9-13-6-3-4-7-13)14-8-2-1-5-10(14)12(16)17/h10H,1-9H2,(H,16,17)/t10-/m0/s1. The van der Waals surface area contributed by atoms with Gasteiger partial charge in [0.25, 0.3) is 0 Å². The Balaban J connectivity index is 1.93. The van der Waals surface area contributed by atoms with E-state index in [-0.39, 0.29) is 5.91 Å². The van der Waals surface area contributed by atoms with Crippen molar-refractivity contribution in [1.29, 1.82) is 0 Å². The molecule has 0 aromatic rings. The van der Waals surface area contributed by atoms with Crippen LogP contribution >= 0.6 is 0 Å². The van der Waals surface area contributed by atoms with Gasteiger partial charge in [-0.15, -0.1) is 0 Å². The van der Waals surface area contributed by atoms with Crippen LogP contribution in [0, 0.1) is 0 Å². The Bertz CT molecular complexity index is 300. The lowest BCUT2D eigenvalue weighted by molar-refractivity contribution is -0.152. The van der Waals surface area contributed by atoms with Gasteiger partial charge < -0.3 is 10.0 Å². The third-order valence-corrected chi connectivity index (χ3v) is 3.67. The van der Waals surface area contributed by atoms with Crippen LogP contribution in [-0.2, 0) is 9.59 Å². The van der Waals surface area contributed by atoms with Gasteiger partial charge in [0, 0.05) is 6.54 Å². The van der Waals surface area contributed by atoms with Crippen LogP contribution in [0.25, 0.3) is 0 Å². The molecule has 1 N–H and O–H groups in total. The number of piperidine rings is 1. The molecule has 17 heavy (non-hydrogen) atoms. The maximum atomic E-state index is 12.1. The fourth-order valence-electron chi connectivity index (χ4n) is 2.71. The first-order valence-electron chi connectivity index (χ1n) is 6.43. The molecule has 5 nitrogen and oxygen atoms in total. The first-order chi connectivity index (χ1) is 8.18. The van der Waals surface area contributed by atoms with Crippen LogP contribution < -0.4 is 0 Å². The number of carboxylic acids is 1. The molecule has 0 spiro atoms. The number of carbonyl (C=O) groups excluding carboxylic acids is 1. The summed E-state index contributed by atoms with van der Waals surface area (Å²) in [4.78, 5) is 26.9. The highest BCUT2D eigenvalue weighted by Gasteiger charge is 2.32. The second-order valence-corrected chi connectivity index (χ2v) is 4.92. The zero-order chi connectivity index (χ0) is 12.3. The van der Waals surface area contributed by atoms with Crippen LogP contribution in [0.1, 0.15) is 32.1 Å². The predicted molar refractivity (Wildman–Crippen MR) is 62.7 cm³/mol. The number of hydrogen-bond acceptors (Lipinski definition) is 3. The van der Waals surface area contributed by atoms with Crippen LogP contribution in [0.3, 0.4) is 0 Å². The van der Waals surface area contributed by atoms with Gasteiger partial charge >= 0.3 is 5.97 Å². The van der Waals surface area contributed by atoms with Crippen LogP contribution in [0.15, 0.2) is 0 Å². The summed E-state index contributed by atoms with van der Waals surface area (Å²) in [5.74, 6) is -0.876. The first kappa shape index (κ1) is 12.4. The largest absolute Gasteiger partial charge is 0.480 e. The van der Waals surface area contributed by atoms with E-state index >= 15 is 0 Å². The third-order valence-electron chi connectivity index (χ3n) is 3.67. The molecule has 1 atom stereocenters. The summed E-state index contributed by atoms with van der Waals surface area (Å²) in [6, 6.07) is -0.598. The van der Waals surface area contributed by atoms with Gasteiger partial charge in [-0.2, -0.15) is 0 Å². The SMILES string of the molecule is O=C(O)[C@@H]1CCCCN1C(=O)CN1CCCC1. The summed E-state index contributed by atoms with van der Waals surface area (Å²) in [5, 5.41) is 9.11. The van der Waals surface area contributed by atoms with Crippen LogP contribution in [0.2, 0.25) is 0 Å². The summed E-state index contributed by atoms with van der Waals surface area (Å²) >= 11 is 0. The number of hydrogen-bond donors (Lipinski definition) is 1. The third kappa shape index (κ3) is 2.97. The van der Waals surface area contributed by atoms with Gasteiger partial charge in [-0.25, -0.2) is 4.79 Å². The summed E-state index contributed by atoms with van der Waals surface area (Å²) < 4.78 is 0. The number of carboxylic acid groups (broad SMARTS) is 1. The van der Waals surface area contributed by atoms with E-state index in [0.717, 1.165) is 38.8 Å². The van der Waals surface area contributed by atoms with E-state index in [1.165, 1.54) is 0 Å². The lowest BCUT2D eigenvalue weighted by Gasteiger charge is -2.34. The lowest BCUT2D eigenvalue weighted by atomic mass is 10.0. The normalized spacial score (nSPS) is 26.1. The van der Waals surface area contributed by atoms with Crippen LogP contribution in [-0.4, -0.2) is 59.0 Å². The molecule has 2 heterocycles. The number of aliphatic carboxylic acids is 1. The molecular formula is C12H20N2O3. The van der Waals surface area contributed by atoms with Crippen molar-refractivity contribution in [2.75, 3.05) is 26.2 Å². The minimum absolute atomic E-state index is 0.0148. The Hall–Kier alpha value is -1.10. The van der Waals surface area contributed by atoms with E-state index < -0.39 is 12.0 Å². The number of carbonyl (C=O) groups is 2. The van der Waals surface area contributed by atoms with Gasteiger partial charge in [0.1, 0.15) is 6.04 Å². The second kappa shape index (κ2) is 5.49. The van der Waals surface area contributed by atoms with Gasteiger partial charge in [-0.3, -0.25) is 9.69 Å². The van der Waals surface area contributed by atoms with Gasteiger partial charge in [0.15, 0.2) is 0 Å². The van der Waals surface area contributed by atoms with Crippen molar-refractivity contribution in [3.63, 3.8) is 0 Å². The van der Waals surface area contributed by atoms with Crippen molar-refractivity contribution in [1.82, 2.24) is 9.80 Å². The Kier molecular flexibility index (Phi) is 3.99.